The van der Waals surface area contributed by atoms with E-state index < -0.39 is 0 Å². The quantitative estimate of drug-likeness (QED) is 0.451. The molecule has 0 saturated carbocycles. The van der Waals surface area contributed by atoms with E-state index in [-0.39, 0.29) is 5.43 Å². The average Bonchev–Trinajstić information content (AvgIpc) is 2.57. The highest BCUT2D eigenvalue weighted by Gasteiger charge is 2.14. The third-order valence-electron chi connectivity index (χ3n) is 3.45. The van der Waals surface area contributed by atoms with Crippen LogP contribution in [0.15, 0.2) is 63.6 Å². The van der Waals surface area contributed by atoms with E-state index in [0.29, 0.717) is 10.0 Å². The van der Waals surface area contributed by atoms with Crippen molar-refractivity contribution in [3.63, 3.8) is 0 Å². The van der Waals surface area contributed by atoms with Gasteiger partial charge in [0.05, 0.1) is 9.77 Å². The lowest BCUT2D eigenvalue weighted by Gasteiger charge is -2.10. The molecular weight excluding hydrogens is 379 g/mol. The van der Waals surface area contributed by atoms with Crippen molar-refractivity contribution in [3.8, 4) is 21.6 Å². The van der Waals surface area contributed by atoms with Crippen molar-refractivity contribution in [1.82, 2.24) is 0 Å². The fourth-order valence-electron chi connectivity index (χ4n) is 2.34. The molecule has 0 atom stereocenters. The first-order valence-corrected chi connectivity index (χ1v) is 9.97. The Morgan fingerprint density at radius 3 is 2.00 bits per heavy atom. The van der Waals surface area contributed by atoms with Gasteiger partial charge < -0.3 is 0 Å². The van der Waals surface area contributed by atoms with Crippen molar-refractivity contribution in [3.05, 3.63) is 74.9 Å². The molecular formula is C19H14Cl2OS2. The molecule has 0 aliphatic carbocycles. The lowest BCUT2D eigenvalue weighted by atomic mass is 10.1. The van der Waals surface area contributed by atoms with Crippen molar-refractivity contribution in [2.75, 3.05) is 5.75 Å². The summed E-state index contributed by atoms with van der Waals surface area (Å²) in [5, 5.41) is 1.35. The van der Waals surface area contributed by atoms with Crippen LogP contribution in [0.2, 0.25) is 10.0 Å². The van der Waals surface area contributed by atoms with Crippen LogP contribution in [0.4, 0.5) is 0 Å². The first-order chi connectivity index (χ1) is 11.6. The number of thioether (sulfide) groups is 1. The first kappa shape index (κ1) is 17.6. The summed E-state index contributed by atoms with van der Waals surface area (Å²) in [5.41, 5.74) is 2.68. The minimum Gasteiger partial charge on any atom is -0.289 e. The van der Waals surface area contributed by atoms with Gasteiger partial charge in [-0.2, -0.15) is 0 Å². The Hall–Kier alpha value is -1.26. The molecule has 0 aliphatic rings. The molecule has 3 aromatic rings. The largest absolute Gasteiger partial charge is 0.289 e. The zero-order chi connectivity index (χ0) is 17.1. The molecule has 0 amide bonds. The zero-order valence-electron chi connectivity index (χ0n) is 12.9. The van der Waals surface area contributed by atoms with E-state index in [9.17, 15) is 4.79 Å². The maximum absolute atomic E-state index is 12.8. The van der Waals surface area contributed by atoms with E-state index in [1.165, 1.54) is 0 Å². The Balaban J connectivity index is 2.15. The summed E-state index contributed by atoms with van der Waals surface area (Å²) in [6.07, 6.45) is 0. The molecule has 24 heavy (non-hydrogen) atoms. The van der Waals surface area contributed by atoms with E-state index >= 15 is 0 Å². The molecule has 0 fully saturated rings. The highest BCUT2D eigenvalue weighted by Crippen LogP contribution is 2.37. The second kappa shape index (κ2) is 7.75. The maximum atomic E-state index is 12.8. The Kier molecular flexibility index (Phi) is 5.67. The second-order valence-corrected chi connectivity index (χ2v) is 8.54. The molecule has 0 bridgehead atoms. The maximum Gasteiger partial charge on any atom is 0.189 e. The molecule has 2 aromatic carbocycles. The number of hydrogen-bond acceptors (Lipinski definition) is 3. The van der Waals surface area contributed by atoms with Gasteiger partial charge in [0.15, 0.2) is 5.43 Å². The summed E-state index contributed by atoms with van der Waals surface area (Å²) in [5.74, 6) is 0.903. The number of hydrogen-bond donors (Lipinski definition) is 0. The summed E-state index contributed by atoms with van der Waals surface area (Å²) in [7, 11) is 0. The lowest BCUT2D eigenvalue weighted by molar-refractivity contribution is 1.47. The summed E-state index contributed by atoms with van der Waals surface area (Å²) in [6, 6.07) is 16.7. The highest BCUT2D eigenvalue weighted by molar-refractivity contribution is 8.01. The molecule has 5 heteroatoms. The topological polar surface area (TPSA) is 17.1 Å². The van der Waals surface area contributed by atoms with Gasteiger partial charge in [-0.3, -0.25) is 4.79 Å². The predicted octanol–water partition coefficient (Wildman–Crippen LogP) is 6.86. The van der Waals surface area contributed by atoms with Gasteiger partial charge in [-0.25, -0.2) is 0 Å². The minimum absolute atomic E-state index is 0.0250. The third-order valence-corrected chi connectivity index (χ3v) is 6.28. The summed E-state index contributed by atoms with van der Waals surface area (Å²) in [4.78, 5) is 13.7. The van der Waals surface area contributed by atoms with Crippen LogP contribution in [-0.2, 0) is 0 Å². The molecule has 1 aromatic heterocycles. The first-order valence-electron chi connectivity index (χ1n) is 7.41. The molecule has 0 saturated heterocycles. The summed E-state index contributed by atoms with van der Waals surface area (Å²) in [6.45, 7) is 2.09. The van der Waals surface area contributed by atoms with Crippen molar-refractivity contribution >= 4 is 46.3 Å². The smallest absolute Gasteiger partial charge is 0.189 e. The van der Waals surface area contributed by atoms with Crippen LogP contribution < -0.4 is 5.43 Å². The summed E-state index contributed by atoms with van der Waals surface area (Å²) < 4.78 is 1.03. The Labute approximate surface area is 159 Å². The number of benzene rings is 2. The lowest BCUT2D eigenvalue weighted by Crippen LogP contribution is -2.04. The van der Waals surface area contributed by atoms with E-state index in [1.807, 2.05) is 48.5 Å². The van der Waals surface area contributed by atoms with E-state index in [2.05, 4.69) is 6.92 Å². The van der Waals surface area contributed by atoms with Crippen LogP contribution in [0.3, 0.4) is 0 Å². The fraction of sp³-hybridized carbons (Fsp3) is 0.105. The zero-order valence-corrected chi connectivity index (χ0v) is 16.0. The van der Waals surface area contributed by atoms with E-state index in [0.717, 1.165) is 31.5 Å². The van der Waals surface area contributed by atoms with Crippen molar-refractivity contribution in [2.45, 2.75) is 11.1 Å². The fourth-order valence-corrected chi connectivity index (χ4v) is 5.01. The van der Waals surface area contributed by atoms with Gasteiger partial charge in [0, 0.05) is 21.0 Å². The van der Waals surface area contributed by atoms with Crippen molar-refractivity contribution in [1.29, 1.82) is 0 Å². The number of rotatable bonds is 4. The minimum atomic E-state index is 0.0250. The van der Waals surface area contributed by atoms with Crippen molar-refractivity contribution < 1.29 is 0 Å². The molecule has 0 spiro atoms. The van der Waals surface area contributed by atoms with Gasteiger partial charge in [0.1, 0.15) is 0 Å². The molecule has 0 N–H and O–H groups in total. The van der Waals surface area contributed by atoms with E-state index in [4.69, 9.17) is 23.2 Å². The van der Waals surface area contributed by atoms with Crippen molar-refractivity contribution in [2.24, 2.45) is 0 Å². The van der Waals surface area contributed by atoms with Crippen LogP contribution in [0.25, 0.3) is 21.6 Å². The third kappa shape index (κ3) is 3.86. The van der Waals surface area contributed by atoms with Gasteiger partial charge in [0.25, 0.3) is 0 Å². The highest BCUT2D eigenvalue weighted by atomic mass is 35.5. The second-order valence-electron chi connectivity index (χ2n) is 5.08. The standard InChI is InChI=1S/C19H14Cl2OS2/c1-2-23-19-18(13-5-9-15(21)10-6-13)16(22)11-17(24-19)12-3-7-14(20)8-4-12/h3-11H,2H2,1H3. The molecule has 0 radical (unpaired) electrons. The molecule has 1 heterocycles. The van der Waals surface area contributed by atoms with Gasteiger partial charge in [-0.1, -0.05) is 54.4 Å². The van der Waals surface area contributed by atoms with Gasteiger partial charge in [0.2, 0.25) is 0 Å². The molecule has 0 aliphatic heterocycles. The van der Waals surface area contributed by atoms with Gasteiger partial charge >= 0.3 is 0 Å². The summed E-state index contributed by atoms with van der Waals surface area (Å²) >= 11 is 15.2. The Morgan fingerprint density at radius 1 is 0.917 bits per heavy atom. The number of halogens is 2. The average molecular weight is 393 g/mol. The molecule has 3 rings (SSSR count). The normalized spacial score (nSPS) is 10.8. The Morgan fingerprint density at radius 2 is 1.46 bits per heavy atom. The monoisotopic (exact) mass is 392 g/mol. The van der Waals surface area contributed by atoms with E-state index in [1.54, 1.807) is 29.2 Å². The predicted molar refractivity (Wildman–Crippen MR) is 108 cm³/mol. The molecule has 1 nitrogen and oxygen atoms in total. The van der Waals surface area contributed by atoms with Crippen LogP contribution >= 0.6 is 46.3 Å². The molecule has 122 valence electrons. The van der Waals surface area contributed by atoms with Gasteiger partial charge in [-0.15, -0.1) is 23.1 Å². The Bertz CT molecular complexity index is 900. The van der Waals surface area contributed by atoms with Crippen LogP contribution in [0.1, 0.15) is 6.92 Å². The van der Waals surface area contributed by atoms with Crippen LogP contribution in [0.5, 0.6) is 0 Å². The van der Waals surface area contributed by atoms with Crippen LogP contribution in [0, 0.1) is 0 Å². The molecule has 0 unspecified atom stereocenters. The van der Waals surface area contributed by atoms with Gasteiger partial charge in [-0.05, 0) is 41.1 Å². The SMILES string of the molecule is CCSc1sc(-c2ccc(Cl)cc2)cc(=O)c1-c1ccc(Cl)cc1. The van der Waals surface area contributed by atoms with Crippen LogP contribution in [-0.4, -0.2) is 5.75 Å².